The summed E-state index contributed by atoms with van der Waals surface area (Å²) in [6, 6.07) is 0.0174. The highest BCUT2D eigenvalue weighted by atomic mass is 16.4. The summed E-state index contributed by atoms with van der Waals surface area (Å²) < 4.78 is 0. The van der Waals surface area contributed by atoms with Gasteiger partial charge in [-0.05, 0) is 19.3 Å². The Morgan fingerprint density at radius 1 is 1.56 bits per heavy atom. The van der Waals surface area contributed by atoms with Gasteiger partial charge in [-0.25, -0.2) is 0 Å². The SMILES string of the molecule is NC1CCCC/C1=N\O. The van der Waals surface area contributed by atoms with E-state index in [2.05, 4.69) is 5.16 Å². The van der Waals surface area contributed by atoms with Crippen molar-refractivity contribution in [3.8, 4) is 0 Å². The number of nitrogens with zero attached hydrogens (tertiary/aromatic N) is 1. The maximum absolute atomic E-state index is 8.37. The molecule has 9 heavy (non-hydrogen) atoms. The topological polar surface area (TPSA) is 58.6 Å². The highest BCUT2D eigenvalue weighted by Gasteiger charge is 2.15. The molecule has 1 rings (SSSR count). The van der Waals surface area contributed by atoms with Gasteiger partial charge in [0.2, 0.25) is 0 Å². The van der Waals surface area contributed by atoms with Crippen LogP contribution in [-0.4, -0.2) is 17.0 Å². The van der Waals surface area contributed by atoms with E-state index in [4.69, 9.17) is 10.9 Å². The number of hydrogen-bond acceptors (Lipinski definition) is 3. The van der Waals surface area contributed by atoms with Gasteiger partial charge in [0, 0.05) is 6.04 Å². The minimum atomic E-state index is 0.0174. The Balaban J connectivity index is 2.49. The van der Waals surface area contributed by atoms with Crippen molar-refractivity contribution in [3.63, 3.8) is 0 Å². The minimum absolute atomic E-state index is 0.0174. The normalized spacial score (nSPS) is 33.0. The summed E-state index contributed by atoms with van der Waals surface area (Å²) in [6.07, 6.45) is 4.13. The van der Waals surface area contributed by atoms with Gasteiger partial charge >= 0.3 is 0 Å². The molecule has 1 atom stereocenters. The van der Waals surface area contributed by atoms with Gasteiger partial charge in [0.05, 0.1) is 5.71 Å². The second-order valence-corrected chi connectivity index (χ2v) is 2.44. The number of rotatable bonds is 0. The largest absolute Gasteiger partial charge is 0.411 e. The second kappa shape index (κ2) is 2.82. The van der Waals surface area contributed by atoms with E-state index in [1.807, 2.05) is 0 Å². The highest BCUT2D eigenvalue weighted by Crippen LogP contribution is 2.13. The van der Waals surface area contributed by atoms with Crippen molar-refractivity contribution >= 4 is 5.71 Å². The Morgan fingerprint density at radius 3 is 2.78 bits per heavy atom. The standard InChI is InChI=1S/C6H12N2O/c7-5-3-1-2-4-6(5)8-9/h5,9H,1-4,7H2/b8-6+. The van der Waals surface area contributed by atoms with Gasteiger partial charge in [0.25, 0.3) is 0 Å². The Kier molecular flexibility index (Phi) is 2.05. The van der Waals surface area contributed by atoms with Crippen LogP contribution in [0.1, 0.15) is 25.7 Å². The van der Waals surface area contributed by atoms with Gasteiger partial charge in [-0.1, -0.05) is 11.6 Å². The zero-order valence-electron chi connectivity index (χ0n) is 5.38. The van der Waals surface area contributed by atoms with Crippen molar-refractivity contribution in [2.24, 2.45) is 10.9 Å². The van der Waals surface area contributed by atoms with Crippen LogP contribution in [0.4, 0.5) is 0 Å². The smallest absolute Gasteiger partial charge is 0.0737 e. The lowest BCUT2D eigenvalue weighted by atomic mass is 9.94. The maximum Gasteiger partial charge on any atom is 0.0737 e. The maximum atomic E-state index is 8.37. The van der Waals surface area contributed by atoms with Crippen LogP contribution in [0.3, 0.4) is 0 Å². The van der Waals surface area contributed by atoms with Gasteiger partial charge < -0.3 is 10.9 Å². The van der Waals surface area contributed by atoms with Crippen LogP contribution in [0.5, 0.6) is 0 Å². The molecule has 0 saturated heterocycles. The first-order chi connectivity index (χ1) is 4.34. The van der Waals surface area contributed by atoms with Crippen molar-refractivity contribution in [2.75, 3.05) is 0 Å². The first kappa shape index (κ1) is 6.55. The summed E-state index contributed by atoms with van der Waals surface area (Å²) in [5.41, 5.74) is 6.36. The third kappa shape index (κ3) is 1.42. The molecule has 52 valence electrons. The Hall–Kier alpha value is -0.570. The summed E-state index contributed by atoms with van der Waals surface area (Å²) in [4.78, 5) is 0. The molecule has 1 aliphatic carbocycles. The van der Waals surface area contributed by atoms with Gasteiger partial charge in [0.1, 0.15) is 0 Å². The molecule has 0 bridgehead atoms. The van der Waals surface area contributed by atoms with Crippen molar-refractivity contribution < 1.29 is 5.21 Å². The van der Waals surface area contributed by atoms with Crippen molar-refractivity contribution in [1.29, 1.82) is 0 Å². The molecule has 3 nitrogen and oxygen atoms in total. The lowest BCUT2D eigenvalue weighted by Gasteiger charge is -2.17. The van der Waals surface area contributed by atoms with E-state index in [1.165, 1.54) is 6.42 Å². The molecular formula is C6H12N2O. The predicted molar refractivity (Wildman–Crippen MR) is 35.7 cm³/mol. The van der Waals surface area contributed by atoms with Crippen LogP contribution in [0.15, 0.2) is 5.16 Å². The molecule has 3 heteroatoms. The molecule has 0 radical (unpaired) electrons. The fourth-order valence-electron chi connectivity index (χ4n) is 1.15. The van der Waals surface area contributed by atoms with Crippen LogP contribution in [0.2, 0.25) is 0 Å². The highest BCUT2D eigenvalue weighted by molar-refractivity contribution is 5.89. The Labute approximate surface area is 54.5 Å². The lowest BCUT2D eigenvalue weighted by Crippen LogP contribution is -2.33. The first-order valence-corrected chi connectivity index (χ1v) is 3.31. The van der Waals surface area contributed by atoms with E-state index < -0.39 is 0 Å². The molecule has 0 amide bonds. The molecule has 1 aliphatic rings. The molecule has 0 aromatic rings. The molecule has 0 aliphatic heterocycles. The molecule has 0 spiro atoms. The fourth-order valence-corrected chi connectivity index (χ4v) is 1.15. The Bertz CT molecular complexity index is 122. The van der Waals surface area contributed by atoms with Crippen molar-refractivity contribution in [3.05, 3.63) is 0 Å². The van der Waals surface area contributed by atoms with Crippen molar-refractivity contribution in [1.82, 2.24) is 0 Å². The predicted octanol–water partition coefficient (Wildman–Crippen LogP) is 0.718. The average molecular weight is 128 g/mol. The van der Waals surface area contributed by atoms with Crippen LogP contribution >= 0.6 is 0 Å². The van der Waals surface area contributed by atoms with Crippen LogP contribution in [-0.2, 0) is 0 Å². The van der Waals surface area contributed by atoms with E-state index in [0.29, 0.717) is 0 Å². The monoisotopic (exact) mass is 128 g/mol. The summed E-state index contributed by atoms with van der Waals surface area (Å²) in [5, 5.41) is 11.5. The van der Waals surface area contributed by atoms with Crippen molar-refractivity contribution in [2.45, 2.75) is 31.7 Å². The van der Waals surface area contributed by atoms with Crippen LogP contribution in [0.25, 0.3) is 0 Å². The summed E-state index contributed by atoms with van der Waals surface area (Å²) in [5.74, 6) is 0. The van der Waals surface area contributed by atoms with Gasteiger partial charge in [-0.3, -0.25) is 0 Å². The van der Waals surface area contributed by atoms with E-state index in [-0.39, 0.29) is 6.04 Å². The lowest BCUT2D eigenvalue weighted by molar-refractivity contribution is 0.312. The van der Waals surface area contributed by atoms with E-state index >= 15 is 0 Å². The number of oxime groups is 1. The molecular weight excluding hydrogens is 116 g/mol. The third-order valence-corrected chi connectivity index (χ3v) is 1.75. The average Bonchev–Trinajstić information content (AvgIpc) is 1.89. The summed E-state index contributed by atoms with van der Waals surface area (Å²) in [7, 11) is 0. The van der Waals surface area contributed by atoms with Gasteiger partial charge in [-0.15, -0.1) is 0 Å². The molecule has 0 heterocycles. The van der Waals surface area contributed by atoms with Gasteiger partial charge in [-0.2, -0.15) is 0 Å². The van der Waals surface area contributed by atoms with Crippen LogP contribution < -0.4 is 5.73 Å². The molecule has 1 saturated carbocycles. The number of hydrogen-bond donors (Lipinski definition) is 2. The quantitative estimate of drug-likeness (QED) is 0.373. The zero-order valence-corrected chi connectivity index (χ0v) is 5.38. The summed E-state index contributed by atoms with van der Waals surface area (Å²) >= 11 is 0. The zero-order chi connectivity index (χ0) is 6.69. The molecule has 1 fully saturated rings. The molecule has 3 N–H and O–H groups in total. The fraction of sp³-hybridized carbons (Fsp3) is 0.833. The molecule has 0 aromatic heterocycles. The molecule has 1 unspecified atom stereocenters. The molecule has 0 aromatic carbocycles. The second-order valence-electron chi connectivity index (χ2n) is 2.44. The van der Waals surface area contributed by atoms with E-state index in [1.54, 1.807) is 0 Å². The number of nitrogens with two attached hydrogens (primary N) is 1. The van der Waals surface area contributed by atoms with Crippen LogP contribution in [0, 0.1) is 0 Å². The Morgan fingerprint density at radius 2 is 2.33 bits per heavy atom. The van der Waals surface area contributed by atoms with E-state index in [9.17, 15) is 0 Å². The van der Waals surface area contributed by atoms with Gasteiger partial charge in [0.15, 0.2) is 0 Å². The minimum Gasteiger partial charge on any atom is -0.411 e. The third-order valence-electron chi connectivity index (χ3n) is 1.75. The summed E-state index contributed by atoms with van der Waals surface area (Å²) in [6.45, 7) is 0. The van der Waals surface area contributed by atoms with E-state index in [0.717, 1.165) is 25.0 Å². The first-order valence-electron chi connectivity index (χ1n) is 3.31.